The molecule has 0 aliphatic carbocycles. The van der Waals surface area contributed by atoms with Gasteiger partial charge in [0.2, 0.25) is 0 Å². The quantitative estimate of drug-likeness (QED) is 0.426. The lowest BCUT2D eigenvalue weighted by molar-refractivity contribution is 0.0322. The SMILES string of the molecule is C/C(=C\C=N/C(C)N)c1sc2ccc(Cc3cccc(OCCN4CCOCC4)c3)cc2c1C. The molecule has 0 spiro atoms. The van der Waals surface area contributed by atoms with Crippen molar-refractivity contribution in [3.63, 3.8) is 0 Å². The van der Waals surface area contributed by atoms with E-state index in [0.717, 1.165) is 45.0 Å². The standard InChI is InChI=1S/C28H35N3O2S/c1-20(9-10-30-22(3)29)28-21(2)26-19-24(7-8-27(26)34-28)17-23-5-4-6-25(18-23)33-16-13-31-11-14-32-15-12-31/h4-10,18-19,22H,11-17,29H2,1-3H3/b20-9+,30-10-. The second-order valence-electron chi connectivity index (χ2n) is 8.90. The van der Waals surface area contributed by atoms with E-state index in [1.807, 2.05) is 36.6 Å². The summed E-state index contributed by atoms with van der Waals surface area (Å²) in [6.07, 6.45) is 4.57. The molecule has 1 aliphatic heterocycles. The van der Waals surface area contributed by atoms with Gasteiger partial charge in [0.1, 0.15) is 12.4 Å². The van der Waals surface area contributed by atoms with E-state index in [9.17, 15) is 0 Å². The molecule has 3 aromatic rings. The van der Waals surface area contributed by atoms with Crippen molar-refractivity contribution < 1.29 is 9.47 Å². The van der Waals surface area contributed by atoms with Crippen molar-refractivity contribution in [3.8, 4) is 5.75 Å². The van der Waals surface area contributed by atoms with E-state index in [1.165, 1.54) is 37.2 Å². The molecule has 1 aromatic heterocycles. The Morgan fingerprint density at radius 3 is 2.79 bits per heavy atom. The minimum Gasteiger partial charge on any atom is -0.492 e. The van der Waals surface area contributed by atoms with Crippen molar-refractivity contribution in [1.82, 2.24) is 4.90 Å². The van der Waals surface area contributed by atoms with Gasteiger partial charge in [-0.15, -0.1) is 11.3 Å². The Kier molecular flexibility index (Phi) is 8.51. The summed E-state index contributed by atoms with van der Waals surface area (Å²) in [5.41, 5.74) is 10.8. The van der Waals surface area contributed by atoms with E-state index in [2.05, 4.69) is 60.1 Å². The van der Waals surface area contributed by atoms with Crippen LogP contribution in [0, 0.1) is 6.92 Å². The first kappa shape index (κ1) is 24.6. The smallest absolute Gasteiger partial charge is 0.119 e. The van der Waals surface area contributed by atoms with Gasteiger partial charge in [-0.25, -0.2) is 0 Å². The molecule has 2 N–H and O–H groups in total. The molecule has 2 aromatic carbocycles. The van der Waals surface area contributed by atoms with Crippen molar-refractivity contribution in [1.29, 1.82) is 0 Å². The number of hydrogen-bond acceptors (Lipinski definition) is 6. The zero-order valence-electron chi connectivity index (χ0n) is 20.4. The third-order valence-electron chi connectivity index (χ3n) is 6.09. The Balaban J connectivity index is 1.43. The van der Waals surface area contributed by atoms with Gasteiger partial charge in [-0.2, -0.15) is 0 Å². The van der Waals surface area contributed by atoms with Gasteiger partial charge in [0.05, 0.1) is 19.4 Å². The molecular weight excluding hydrogens is 442 g/mol. The van der Waals surface area contributed by atoms with Gasteiger partial charge in [-0.3, -0.25) is 9.89 Å². The van der Waals surface area contributed by atoms with Crippen molar-refractivity contribution in [3.05, 3.63) is 70.1 Å². The van der Waals surface area contributed by atoms with Crippen molar-refractivity contribution in [2.45, 2.75) is 33.4 Å². The number of benzene rings is 2. The van der Waals surface area contributed by atoms with Crippen LogP contribution in [0.3, 0.4) is 0 Å². The first-order valence-electron chi connectivity index (χ1n) is 12.0. The molecule has 1 unspecified atom stereocenters. The minimum atomic E-state index is -0.177. The lowest BCUT2D eigenvalue weighted by Crippen LogP contribution is -2.38. The first-order chi connectivity index (χ1) is 16.5. The molecule has 1 fully saturated rings. The maximum atomic E-state index is 6.05. The van der Waals surface area contributed by atoms with Crippen LogP contribution in [0.1, 0.15) is 35.4 Å². The third kappa shape index (κ3) is 6.54. The van der Waals surface area contributed by atoms with Crippen LogP contribution in [0.25, 0.3) is 15.7 Å². The Bertz CT molecular complexity index is 1160. The Labute approximate surface area is 206 Å². The maximum absolute atomic E-state index is 6.05. The largest absolute Gasteiger partial charge is 0.492 e. The van der Waals surface area contributed by atoms with Crippen molar-refractivity contribution >= 4 is 33.2 Å². The highest BCUT2D eigenvalue weighted by Gasteiger charge is 2.12. The number of nitrogens with two attached hydrogens (primary N) is 1. The molecule has 4 rings (SSSR count). The van der Waals surface area contributed by atoms with E-state index in [-0.39, 0.29) is 6.17 Å². The lowest BCUT2D eigenvalue weighted by atomic mass is 10.0. The fourth-order valence-corrected chi connectivity index (χ4v) is 5.39. The van der Waals surface area contributed by atoms with Crippen LogP contribution in [0.15, 0.2) is 53.5 Å². The molecule has 34 heavy (non-hydrogen) atoms. The number of nitrogens with zero attached hydrogens (tertiary/aromatic N) is 2. The van der Waals surface area contributed by atoms with E-state index in [1.54, 1.807) is 0 Å². The summed E-state index contributed by atoms with van der Waals surface area (Å²) in [4.78, 5) is 7.94. The van der Waals surface area contributed by atoms with Crippen molar-refractivity contribution in [2.24, 2.45) is 10.7 Å². The predicted octanol–water partition coefficient (Wildman–Crippen LogP) is 5.29. The summed E-state index contributed by atoms with van der Waals surface area (Å²) in [5, 5.41) is 1.33. The molecule has 5 nitrogen and oxygen atoms in total. The topological polar surface area (TPSA) is 60.1 Å². The fraction of sp³-hybridized carbons (Fsp3) is 0.393. The lowest BCUT2D eigenvalue weighted by Gasteiger charge is -2.26. The zero-order chi connectivity index (χ0) is 23.9. The molecular formula is C28H35N3O2S. The molecule has 1 atom stereocenters. The monoisotopic (exact) mass is 477 g/mol. The number of morpholine rings is 1. The average molecular weight is 478 g/mol. The van der Waals surface area contributed by atoms with Gasteiger partial charge in [-0.05, 0) is 85.2 Å². The summed E-state index contributed by atoms with van der Waals surface area (Å²) in [6, 6.07) is 15.3. The van der Waals surface area contributed by atoms with Crippen LogP contribution < -0.4 is 10.5 Å². The van der Waals surface area contributed by atoms with E-state index >= 15 is 0 Å². The van der Waals surface area contributed by atoms with Gasteiger partial charge in [0.25, 0.3) is 0 Å². The number of aryl methyl sites for hydroxylation is 1. The summed E-state index contributed by atoms with van der Waals surface area (Å²) < 4.78 is 12.8. The summed E-state index contributed by atoms with van der Waals surface area (Å²) in [5.74, 6) is 0.940. The van der Waals surface area contributed by atoms with Gasteiger partial charge >= 0.3 is 0 Å². The van der Waals surface area contributed by atoms with Crippen molar-refractivity contribution in [2.75, 3.05) is 39.5 Å². The van der Waals surface area contributed by atoms with Crippen LogP contribution >= 0.6 is 11.3 Å². The van der Waals surface area contributed by atoms with E-state index < -0.39 is 0 Å². The number of thiophene rings is 1. The van der Waals surface area contributed by atoms with E-state index in [0.29, 0.717) is 6.61 Å². The van der Waals surface area contributed by atoms with Crippen LogP contribution in [0.4, 0.5) is 0 Å². The van der Waals surface area contributed by atoms with Gasteiger partial charge < -0.3 is 15.2 Å². The zero-order valence-corrected chi connectivity index (χ0v) is 21.2. The Morgan fingerprint density at radius 1 is 1.21 bits per heavy atom. The molecule has 2 heterocycles. The van der Waals surface area contributed by atoms with Crippen LogP contribution in [0.2, 0.25) is 0 Å². The summed E-state index contributed by atoms with van der Waals surface area (Å²) in [6.45, 7) is 11.5. The highest BCUT2D eigenvalue weighted by atomic mass is 32.1. The molecule has 1 aliphatic rings. The number of hydrogen-bond donors (Lipinski definition) is 1. The number of aliphatic imine (C=N–C) groups is 1. The highest BCUT2D eigenvalue weighted by Crippen LogP contribution is 2.36. The predicted molar refractivity (Wildman–Crippen MR) is 144 cm³/mol. The molecule has 0 bridgehead atoms. The minimum absolute atomic E-state index is 0.177. The molecule has 1 saturated heterocycles. The molecule has 0 saturated carbocycles. The molecule has 0 radical (unpaired) electrons. The molecule has 0 amide bonds. The van der Waals surface area contributed by atoms with Crippen LogP contribution in [-0.2, 0) is 11.2 Å². The normalized spacial score (nSPS) is 16.4. The Hall–Kier alpha value is -2.51. The van der Waals surface area contributed by atoms with Crippen LogP contribution in [-0.4, -0.2) is 56.7 Å². The number of ether oxygens (including phenoxy) is 2. The number of rotatable bonds is 9. The number of allylic oxidation sites excluding steroid dienone is 2. The van der Waals surface area contributed by atoms with Gasteiger partial charge in [0.15, 0.2) is 0 Å². The fourth-order valence-electron chi connectivity index (χ4n) is 4.22. The molecule has 180 valence electrons. The third-order valence-corrected chi connectivity index (χ3v) is 7.50. The van der Waals surface area contributed by atoms with E-state index in [4.69, 9.17) is 15.2 Å². The molecule has 6 heteroatoms. The maximum Gasteiger partial charge on any atom is 0.119 e. The summed E-state index contributed by atoms with van der Waals surface area (Å²) >= 11 is 1.84. The second kappa shape index (κ2) is 11.8. The van der Waals surface area contributed by atoms with Crippen LogP contribution in [0.5, 0.6) is 5.75 Å². The number of fused-ring (bicyclic) bond motifs is 1. The highest BCUT2D eigenvalue weighted by molar-refractivity contribution is 7.20. The second-order valence-corrected chi connectivity index (χ2v) is 9.95. The summed E-state index contributed by atoms with van der Waals surface area (Å²) in [7, 11) is 0. The first-order valence-corrected chi connectivity index (χ1v) is 12.8. The van der Waals surface area contributed by atoms with Gasteiger partial charge in [-0.1, -0.05) is 18.2 Å². The average Bonchev–Trinajstić information content (AvgIpc) is 3.16. The Morgan fingerprint density at radius 2 is 2.00 bits per heavy atom. The van der Waals surface area contributed by atoms with Gasteiger partial charge in [0, 0.05) is 35.4 Å².